The van der Waals surface area contributed by atoms with Gasteiger partial charge in [-0.25, -0.2) is 8.42 Å². The molecular weight excluding hydrogens is 284 g/mol. The molecule has 21 heavy (non-hydrogen) atoms. The van der Waals surface area contributed by atoms with Crippen molar-refractivity contribution in [2.45, 2.75) is 30.7 Å². The molecule has 0 unspecified atom stereocenters. The number of hydrogen-bond donors (Lipinski definition) is 1. The highest BCUT2D eigenvalue weighted by molar-refractivity contribution is 7.90. The number of piperidine rings is 1. The SMILES string of the molecule is CS(=O)(=O)c1ccc(CN2CCC3(CCNCC3)C2)cc1. The maximum atomic E-state index is 11.5. The summed E-state index contributed by atoms with van der Waals surface area (Å²) in [6, 6.07) is 7.34. The molecule has 1 aromatic carbocycles. The Kier molecular flexibility index (Phi) is 4.08. The third-order valence-electron chi connectivity index (χ3n) is 4.94. The van der Waals surface area contributed by atoms with Crippen molar-refractivity contribution in [1.82, 2.24) is 10.2 Å². The molecule has 2 aliphatic heterocycles. The molecule has 1 spiro atoms. The predicted molar refractivity (Wildman–Crippen MR) is 84.0 cm³/mol. The van der Waals surface area contributed by atoms with Crippen molar-refractivity contribution in [3.05, 3.63) is 29.8 Å². The summed E-state index contributed by atoms with van der Waals surface area (Å²) in [7, 11) is -3.09. The van der Waals surface area contributed by atoms with Crippen molar-refractivity contribution in [3.63, 3.8) is 0 Å². The summed E-state index contributed by atoms with van der Waals surface area (Å²) in [6.07, 6.45) is 5.13. The van der Waals surface area contributed by atoms with E-state index in [1.165, 1.54) is 37.6 Å². The topological polar surface area (TPSA) is 49.4 Å². The average Bonchev–Trinajstić information content (AvgIpc) is 2.82. The van der Waals surface area contributed by atoms with E-state index in [1.807, 2.05) is 12.1 Å². The summed E-state index contributed by atoms with van der Waals surface area (Å²) >= 11 is 0. The molecule has 2 fully saturated rings. The number of nitrogens with one attached hydrogen (secondary N) is 1. The fourth-order valence-corrected chi connectivity index (χ4v) is 4.26. The van der Waals surface area contributed by atoms with E-state index in [0.717, 1.165) is 26.2 Å². The first-order chi connectivity index (χ1) is 9.97. The summed E-state index contributed by atoms with van der Waals surface area (Å²) in [5.41, 5.74) is 1.73. The van der Waals surface area contributed by atoms with Crippen molar-refractivity contribution < 1.29 is 8.42 Å². The molecule has 0 aromatic heterocycles. The van der Waals surface area contributed by atoms with Crippen molar-refractivity contribution >= 4 is 9.84 Å². The molecule has 116 valence electrons. The smallest absolute Gasteiger partial charge is 0.175 e. The second-order valence-electron chi connectivity index (χ2n) is 6.63. The standard InChI is InChI=1S/C16H24N2O2S/c1-21(19,20)15-4-2-14(3-5-15)12-18-11-8-16(13-18)6-9-17-10-7-16/h2-5,17H,6-13H2,1H3. The lowest BCUT2D eigenvalue weighted by molar-refractivity contribution is 0.194. The predicted octanol–water partition coefficient (Wildman–Crippen LogP) is 1.67. The van der Waals surface area contributed by atoms with Gasteiger partial charge in [0.05, 0.1) is 4.90 Å². The summed E-state index contributed by atoms with van der Waals surface area (Å²) in [5, 5.41) is 3.45. The van der Waals surface area contributed by atoms with Crippen molar-refractivity contribution in [1.29, 1.82) is 0 Å². The maximum Gasteiger partial charge on any atom is 0.175 e. The van der Waals surface area contributed by atoms with Crippen LogP contribution >= 0.6 is 0 Å². The quantitative estimate of drug-likeness (QED) is 0.923. The van der Waals surface area contributed by atoms with Gasteiger partial charge in [0.25, 0.3) is 0 Å². The van der Waals surface area contributed by atoms with E-state index in [2.05, 4.69) is 10.2 Å². The van der Waals surface area contributed by atoms with Gasteiger partial charge in [0.15, 0.2) is 9.84 Å². The van der Waals surface area contributed by atoms with E-state index in [9.17, 15) is 8.42 Å². The number of rotatable bonds is 3. The molecule has 2 saturated heterocycles. The minimum atomic E-state index is -3.09. The summed E-state index contributed by atoms with van der Waals surface area (Å²) in [5.74, 6) is 0. The van der Waals surface area contributed by atoms with Crippen LogP contribution in [0, 0.1) is 5.41 Å². The third-order valence-corrected chi connectivity index (χ3v) is 6.07. The second kappa shape index (κ2) is 5.71. The lowest BCUT2D eigenvalue weighted by atomic mass is 9.78. The largest absolute Gasteiger partial charge is 0.317 e. The Labute approximate surface area is 127 Å². The molecule has 0 saturated carbocycles. The van der Waals surface area contributed by atoms with E-state index in [1.54, 1.807) is 12.1 Å². The van der Waals surface area contributed by atoms with Crippen molar-refractivity contribution in [2.75, 3.05) is 32.4 Å². The van der Waals surface area contributed by atoms with Gasteiger partial charge in [0.2, 0.25) is 0 Å². The van der Waals surface area contributed by atoms with Gasteiger partial charge >= 0.3 is 0 Å². The van der Waals surface area contributed by atoms with E-state index < -0.39 is 9.84 Å². The van der Waals surface area contributed by atoms with Gasteiger partial charge in [-0.3, -0.25) is 4.90 Å². The van der Waals surface area contributed by atoms with E-state index in [0.29, 0.717) is 10.3 Å². The molecule has 0 bridgehead atoms. The third kappa shape index (κ3) is 3.47. The van der Waals surface area contributed by atoms with Gasteiger partial charge in [-0.05, 0) is 62.0 Å². The van der Waals surface area contributed by atoms with Gasteiger partial charge < -0.3 is 5.32 Å². The van der Waals surface area contributed by atoms with Crippen molar-refractivity contribution in [3.8, 4) is 0 Å². The molecule has 2 aliphatic rings. The van der Waals surface area contributed by atoms with Gasteiger partial charge in [-0.15, -0.1) is 0 Å². The Bertz CT molecular complexity index is 589. The Morgan fingerprint density at radius 2 is 1.81 bits per heavy atom. The Hall–Kier alpha value is -0.910. The van der Waals surface area contributed by atoms with Crippen LogP contribution in [-0.2, 0) is 16.4 Å². The molecule has 0 aliphatic carbocycles. The zero-order valence-corrected chi connectivity index (χ0v) is 13.5. The lowest BCUT2D eigenvalue weighted by Crippen LogP contribution is -2.38. The average molecular weight is 308 g/mol. The molecule has 1 N–H and O–H groups in total. The highest BCUT2D eigenvalue weighted by atomic mass is 32.2. The number of hydrogen-bond acceptors (Lipinski definition) is 4. The number of nitrogens with zero attached hydrogens (tertiary/aromatic N) is 1. The zero-order valence-electron chi connectivity index (χ0n) is 12.6. The molecule has 5 heteroatoms. The van der Waals surface area contributed by atoms with E-state index in [-0.39, 0.29) is 0 Å². The van der Waals surface area contributed by atoms with Crippen LogP contribution in [0.5, 0.6) is 0 Å². The first-order valence-corrected chi connectivity index (χ1v) is 9.58. The van der Waals surface area contributed by atoms with Gasteiger partial charge in [-0.1, -0.05) is 12.1 Å². The Balaban J connectivity index is 1.62. The summed E-state index contributed by atoms with van der Waals surface area (Å²) in [4.78, 5) is 2.92. The molecule has 1 aromatic rings. The van der Waals surface area contributed by atoms with Crippen LogP contribution in [0.1, 0.15) is 24.8 Å². The zero-order chi connectivity index (χ0) is 14.9. The highest BCUT2D eigenvalue weighted by Gasteiger charge is 2.38. The molecule has 0 amide bonds. The Morgan fingerprint density at radius 3 is 2.43 bits per heavy atom. The highest BCUT2D eigenvalue weighted by Crippen LogP contribution is 2.38. The second-order valence-corrected chi connectivity index (χ2v) is 8.64. The van der Waals surface area contributed by atoms with Gasteiger partial charge in [0, 0.05) is 19.3 Å². The first kappa shape index (κ1) is 15.0. The fourth-order valence-electron chi connectivity index (χ4n) is 3.63. The molecule has 4 nitrogen and oxygen atoms in total. The number of benzene rings is 1. The van der Waals surface area contributed by atoms with Gasteiger partial charge in [0.1, 0.15) is 0 Å². The molecular formula is C16H24N2O2S. The Morgan fingerprint density at radius 1 is 1.14 bits per heavy atom. The first-order valence-electron chi connectivity index (χ1n) is 7.69. The van der Waals surface area contributed by atoms with Crippen molar-refractivity contribution in [2.24, 2.45) is 5.41 Å². The lowest BCUT2D eigenvalue weighted by Gasteiger charge is -2.33. The summed E-state index contributed by atoms with van der Waals surface area (Å²) in [6.45, 7) is 5.57. The van der Waals surface area contributed by atoms with Crippen LogP contribution < -0.4 is 5.32 Å². The molecule has 0 atom stereocenters. The minimum absolute atomic E-state index is 0.405. The molecule has 3 rings (SSSR count). The maximum absolute atomic E-state index is 11.5. The molecule has 2 heterocycles. The van der Waals surface area contributed by atoms with Crippen LogP contribution in [0.2, 0.25) is 0 Å². The summed E-state index contributed by atoms with van der Waals surface area (Å²) < 4.78 is 22.9. The molecule has 0 radical (unpaired) electrons. The van der Waals surface area contributed by atoms with Crippen LogP contribution in [-0.4, -0.2) is 45.8 Å². The van der Waals surface area contributed by atoms with E-state index in [4.69, 9.17) is 0 Å². The van der Waals surface area contributed by atoms with Crippen LogP contribution in [0.25, 0.3) is 0 Å². The monoisotopic (exact) mass is 308 g/mol. The minimum Gasteiger partial charge on any atom is -0.317 e. The fraction of sp³-hybridized carbons (Fsp3) is 0.625. The normalized spacial score (nSPS) is 22.7. The van der Waals surface area contributed by atoms with E-state index >= 15 is 0 Å². The number of likely N-dealkylation sites (tertiary alicyclic amines) is 1. The number of sulfone groups is 1. The van der Waals surface area contributed by atoms with Gasteiger partial charge in [-0.2, -0.15) is 0 Å². The van der Waals surface area contributed by atoms with Crippen LogP contribution in [0.3, 0.4) is 0 Å². The van der Waals surface area contributed by atoms with Crippen LogP contribution in [0.4, 0.5) is 0 Å². The van der Waals surface area contributed by atoms with Crippen LogP contribution in [0.15, 0.2) is 29.2 Å².